The van der Waals surface area contributed by atoms with Gasteiger partial charge in [-0.1, -0.05) is 31.5 Å². The maximum Gasteiger partial charge on any atom is 0.272 e. The summed E-state index contributed by atoms with van der Waals surface area (Å²) in [6.45, 7) is 2.07. The molecule has 2 aromatic rings. The molecule has 0 atom stereocenters. The Hall–Kier alpha value is -0.850. The van der Waals surface area contributed by atoms with E-state index in [-0.39, 0.29) is 0 Å². The summed E-state index contributed by atoms with van der Waals surface area (Å²) >= 11 is 4.45. The summed E-state index contributed by atoms with van der Waals surface area (Å²) in [5.74, 6) is 0. The maximum atomic E-state index is 12.3. The van der Waals surface area contributed by atoms with E-state index in [1.807, 2.05) is 18.2 Å². The third-order valence-electron chi connectivity index (χ3n) is 2.61. The molecule has 0 bridgehead atoms. The van der Waals surface area contributed by atoms with Crippen LogP contribution in [0.4, 0.5) is 5.69 Å². The van der Waals surface area contributed by atoms with Crippen LogP contribution in [0, 0.1) is 0 Å². The van der Waals surface area contributed by atoms with Gasteiger partial charge in [0.2, 0.25) is 0 Å². The van der Waals surface area contributed by atoms with E-state index < -0.39 is 10.0 Å². The largest absolute Gasteiger partial charge is 0.279 e. The SMILES string of the molecule is CCCc1ccccc1NS(=O)(=O)c1sccc1Br. The van der Waals surface area contributed by atoms with Crippen molar-refractivity contribution in [3.63, 3.8) is 0 Å². The smallest absolute Gasteiger partial charge is 0.272 e. The Labute approximate surface area is 125 Å². The number of para-hydroxylation sites is 1. The van der Waals surface area contributed by atoms with Gasteiger partial charge in [0.05, 0.1) is 5.69 Å². The summed E-state index contributed by atoms with van der Waals surface area (Å²) in [6.07, 6.45) is 1.83. The maximum absolute atomic E-state index is 12.3. The molecule has 3 nitrogen and oxygen atoms in total. The second-order valence-corrected chi connectivity index (χ2v) is 7.72. The van der Waals surface area contributed by atoms with E-state index in [9.17, 15) is 8.42 Å². The first-order chi connectivity index (χ1) is 9.04. The molecule has 0 aliphatic heterocycles. The molecule has 1 N–H and O–H groups in total. The Kier molecular flexibility index (Phi) is 4.65. The molecule has 0 unspecified atom stereocenters. The molecule has 0 aliphatic rings. The van der Waals surface area contributed by atoms with Gasteiger partial charge in [-0.2, -0.15) is 0 Å². The second-order valence-electron chi connectivity index (χ2n) is 4.07. The topological polar surface area (TPSA) is 46.2 Å². The molecule has 0 amide bonds. The number of anilines is 1. The predicted molar refractivity (Wildman–Crippen MR) is 83.3 cm³/mol. The first kappa shape index (κ1) is 14.6. The highest BCUT2D eigenvalue weighted by Gasteiger charge is 2.20. The van der Waals surface area contributed by atoms with E-state index in [0.29, 0.717) is 14.4 Å². The average Bonchev–Trinajstić information content (AvgIpc) is 2.79. The number of nitrogens with one attached hydrogen (secondary N) is 1. The Morgan fingerprint density at radius 2 is 2.00 bits per heavy atom. The molecule has 0 radical (unpaired) electrons. The molecule has 0 saturated heterocycles. The zero-order valence-electron chi connectivity index (χ0n) is 10.4. The van der Waals surface area contributed by atoms with Gasteiger partial charge in [-0.05, 0) is 45.4 Å². The van der Waals surface area contributed by atoms with E-state index >= 15 is 0 Å². The normalized spacial score (nSPS) is 11.5. The third kappa shape index (κ3) is 3.38. The van der Waals surface area contributed by atoms with Gasteiger partial charge in [-0.3, -0.25) is 4.72 Å². The highest BCUT2D eigenvalue weighted by atomic mass is 79.9. The van der Waals surface area contributed by atoms with E-state index in [1.54, 1.807) is 17.5 Å². The van der Waals surface area contributed by atoms with Crippen LogP contribution in [0.25, 0.3) is 0 Å². The molecule has 1 aromatic heterocycles. The number of rotatable bonds is 5. The zero-order chi connectivity index (χ0) is 13.9. The van der Waals surface area contributed by atoms with Crippen LogP contribution in [0.5, 0.6) is 0 Å². The molecular weight excluding hydrogens is 346 g/mol. The van der Waals surface area contributed by atoms with Crippen LogP contribution >= 0.6 is 27.3 Å². The minimum Gasteiger partial charge on any atom is -0.279 e. The minimum absolute atomic E-state index is 0.304. The van der Waals surface area contributed by atoms with Crippen molar-refractivity contribution in [2.24, 2.45) is 0 Å². The van der Waals surface area contributed by atoms with Gasteiger partial charge < -0.3 is 0 Å². The van der Waals surface area contributed by atoms with Crippen LogP contribution in [-0.4, -0.2) is 8.42 Å². The number of aryl methyl sites for hydroxylation is 1. The van der Waals surface area contributed by atoms with Crippen molar-refractivity contribution in [1.29, 1.82) is 0 Å². The summed E-state index contributed by atoms with van der Waals surface area (Å²) in [6, 6.07) is 9.23. The van der Waals surface area contributed by atoms with Crippen LogP contribution in [0.15, 0.2) is 44.4 Å². The summed E-state index contributed by atoms with van der Waals surface area (Å²) in [4.78, 5) is 0. The van der Waals surface area contributed by atoms with Gasteiger partial charge in [0.1, 0.15) is 0 Å². The average molecular weight is 360 g/mol. The summed E-state index contributed by atoms with van der Waals surface area (Å²) in [7, 11) is -3.52. The molecule has 1 aromatic carbocycles. The Morgan fingerprint density at radius 3 is 2.63 bits per heavy atom. The molecule has 0 spiro atoms. The molecule has 19 heavy (non-hydrogen) atoms. The molecule has 102 valence electrons. The van der Waals surface area contributed by atoms with Crippen LogP contribution in [0.1, 0.15) is 18.9 Å². The van der Waals surface area contributed by atoms with Gasteiger partial charge in [0.25, 0.3) is 10.0 Å². The fourth-order valence-electron chi connectivity index (χ4n) is 1.77. The van der Waals surface area contributed by atoms with E-state index in [2.05, 4.69) is 27.6 Å². The van der Waals surface area contributed by atoms with Gasteiger partial charge in [-0.25, -0.2) is 8.42 Å². The predicted octanol–water partition coefficient (Wildman–Crippen LogP) is 4.26. The third-order valence-corrected chi connectivity index (χ3v) is 6.65. The van der Waals surface area contributed by atoms with Gasteiger partial charge in [-0.15, -0.1) is 11.3 Å². The van der Waals surface area contributed by atoms with E-state index in [0.717, 1.165) is 18.4 Å². The number of hydrogen-bond donors (Lipinski definition) is 1. The highest BCUT2D eigenvalue weighted by Crippen LogP contribution is 2.30. The van der Waals surface area contributed by atoms with Crippen LogP contribution < -0.4 is 4.72 Å². The quantitative estimate of drug-likeness (QED) is 0.866. The summed E-state index contributed by atoms with van der Waals surface area (Å²) in [5, 5.41) is 1.75. The lowest BCUT2D eigenvalue weighted by Crippen LogP contribution is -2.13. The van der Waals surface area contributed by atoms with Crippen molar-refractivity contribution >= 4 is 43.0 Å². The van der Waals surface area contributed by atoms with Crippen molar-refractivity contribution in [2.75, 3.05) is 4.72 Å². The lowest BCUT2D eigenvalue weighted by molar-refractivity contribution is 0.602. The number of benzene rings is 1. The molecule has 2 rings (SSSR count). The lowest BCUT2D eigenvalue weighted by atomic mass is 10.1. The molecule has 0 fully saturated rings. The van der Waals surface area contributed by atoms with E-state index in [4.69, 9.17) is 0 Å². The standard InChI is InChI=1S/C13H14BrNO2S2/c1-2-5-10-6-3-4-7-12(10)15-19(16,17)13-11(14)8-9-18-13/h3-4,6-9,15H,2,5H2,1H3. The summed E-state index contributed by atoms with van der Waals surface area (Å²) in [5.41, 5.74) is 1.67. The molecule has 0 saturated carbocycles. The number of hydrogen-bond acceptors (Lipinski definition) is 3. The van der Waals surface area contributed by atoms with Gasteiger partial charge >= 0.3 is 0 Å². The van der Waals surface area contributed by atoms with Crippen LogP contribution in [-0.2, 0) is 16.4 Å². The molecule has 1 heterocycles. The first-order valence-corrected chi connectivity index (χ1v) is 9.04. The second kappa shape index (κ2) is 6.07. The van der Waals surface area contributed by atoms with Crippen molar-refractivity contribution in [2.45, 2.75) is 24.0 Å². The van der Waals surface area contributed by atoms with Crippen molar-refractivity contribution in [3.8, 4) is 0 Å². The monoisotopic (exact) mass is 359 g/mol. The molecule has 0 aliphatic carbocycles. The molecular formula is C13H14BrNO2S2. The number of sulfonamides is 1. The highest BCUT2D eigenvalue weighted by molar-refractivity contribution is 9.10. The number of thiophene rings is 1. The number of halogens is 1. The Bertz CT molecular complexity index is 665. The zero-order valence-corrected chi connectivity index (χ0v) is 13.6. The van der Waals surface area contributed by atoms with Crippen molar-refractivity contribution < 1.29 is 8.42 Å². The van der Waals surface area contributed by atoms with E-state index in [1.165, 1.54) is 11.3 Å². The van der Waals surface area contributed by atoms with Crippen molar-refractivity contribution in [1.82, 2.24) is 0 Å². The molecule has 6 heteroatoms. The fourth-order valence-corrected chi connectivity index (χ4v) is 5.21. The Morgan fingerprint density at radius 1 is 1.26 bits per heavy atom. The van der Waals surface area contributed by atoms with Gasteiger partial charge in [0.15, 0.2) is 4.21 Å². The fraction of sp³-hybridized carbons (Fsp3) is 0.231. The van der Waals surface area contributed by atoms with Crippen LogP contribution in [0.3, 0.4) is 0 Å². The Balaban J connectivity index is 2.34. The lowest BCUT2D eigenvalue weighted by Gasteiger charge is -2.11. The van der Waals surface area contributed by atoms with Gasteiger partial charge in [0, 0.05) is 4.47 Å². The van der Waals surface area contributed by atoms with Crippen molar-refractivity contribution in [3.05, 3.63) is 45.7 Å². The summed E-state index contributed by atoms with van der Waals surface area (Å²) < 4.78 is 28.2. The minimum atomic E-state index is -3.52. The first-order valence-electron chi connectivity index (χ1n) is 5.88. The van der Waals surface area contributed by atoms with Crippen LogP contribution in [0.2, 0.25) is 0 Å².